The molecule has 8 nitrogen and oxygen atoms in total. The predicted molar refractivity (Wildman–Crippen MR) is 165 cm³/mol. The van der Waals surface area contributed by atoms with E-state index in [-0.39, 0.29) is 17.3 Å². The summed E-state index contributed by atoms with van der Waals surface area (Å²) in [6.07, 6.45) is 2.11. The Morgan fingerprint density at radius 3 is 2.15 bits per heavy atom. The third-order valence-electron chi connectivity index (χ3n) is 6.73. The lowest BCUT2D eigenvalue weighted by Gasteiger charge is -2.33. The van der Waals surface area contributed by atoms with Gasteiger partial charge < -0.3 is 15.0 Å². The zero-order valence-electron chi connectivity index (χ0n) is 24.0. The number of nitrogens with one attached hydrogen (secondary N) is 1. The molecule has 3 aromatic carbocycles. The number of sulfonamides is 1. The van der Waals surface area contributed by atoms with Gasteiger partial charge in [0, 0.05) is 17.6 Å². The number of rotatable bonds is 14. The van der Waals surface area contributed by atoms with E-state index < -0.39 is 28.5 Å². The Morgan fingerprint density at radius 2 is 1.59 bits per heavy atom. The Bertz CT molecular complexity index is 1400. The third-order valence-corrected chi connectivity index (χ3v) is 9.05. The molecular weight excluding hydrogens is 606 g/mol. The van der Waals surface area contributed by atoms with Crippen LogP contribution in [0.15, 0.2) is 82.2 Å². The normalized spacial score (nSPS) is 11.9. The van der Waals surface area contributed by atoms with Crippen LogP contribution in [0, 0.1) is 6.92 Å². The fourth-order valence-corrected chi connectivity index (χ4v) is 6.01. The lowest BCUT2D eigenvalue weighted by molar-refractivity contribution is -0.140. The number of carbonyl (C=O) groups is 2. The number of aryl methyl sites for hydroxylation is 1. The van der Waals surface area contributed by atoms with Gasteiger partial charge in [0.25, 0.3) is 10.0 Å². The summed E-state index contributed by atoms with van der Waals surface area (Å²) >= 11 is 3.39. The molecule has 0 bridgehead atoms. The summed E-state index contributed by atoms with van der Waals surface area (Å²) < 4.78 is 35.0. The number of hydrogen-bond acceptors (Lipinski definition) is 5. The van der Waals surface area contributed by atoms with Crippen LogP contribution in [0.2, 0.25) is 0 Å². The maximum atomic E-state index is 14.1. The largest absolute Gasteiger partial charge is 0.497 e. The van der Waals surface area contributed by atoms with Gasteiger partial charge >= 0.3 is 0 Å². The van der Waals surface area contributed by atoms with Gasteiger partial charge in [-0.2, -0.15) is 0 Å². The summed E-state index contributed by atoms with van der Waals surface area (Å²) in [7, 11) is -2.54. The topological polar surface area (TPSA) is 96.0 Å². The molecular formula is C31H38BrN3O5S. The van der Waals surface area contributed by atoms with Crippen molar-refractivity contribution in [1.29, 1.82) is 0 Å². The van der Waals surface area contributed by atoms with E-state index >= 15 is 0 Å². The number of ether oxygens (including phenoxy) is 1. The molecule has 0 unspecified atom stereocenters. The van der Waals surface area contributed by atoms with Crippen molar-refractivity contribution in [2.24, 2.45) is 0 Å². The van der Waals surface area contributed by atoms with Crippen molar-refractivity contribution >= 4 is 43.5 Å². The molecule has 3 aromatic rings. The van der Waals surface area contributed by atoms with Crippen molar-refractivity contribution in [2.75, 3.05) is 24.5 Å². The second-order valence-corrected chi connectivity index (χ2v) is 12.5. The Balaban J connectivity index is 2.02. The summed E-state index contributed by atoms with van der Waals surface area (Å²) in [6, 6.07) is 19.7. The number of benzene rings is 3. The monoisotopic (exact) mass is 643 g/mol. The summed E-state index contributed by atoms with van der Waals surface area (Å²) in [5.41, 5.74) is 2.04. The van der Waals surface area contributed by atoms with Gasteiger partial charge in [-0.15, -0.1) is 0 Å². The Kier molecular flexibility index (Phi) is 11.8. The number of nitrogens with zero attached hydrogens (tertiary/aromatic N) is 2. The summed E-state index contributed by atoms with van der Waals surface area (Å²) in [5.74, 6) is -0.0853. The van der Waals surface area contributed by atoms with E-state index in [9.17, 15) is 18.0 Å². The Labute approximate surface area is 251 Å². The molecule has 0 heterocycles. The molecule has 0 aliphatic carbocycles. The number of amides is 2. The quantitative estimate of drug-likeness (QED) is 0.228. The number of unbranched alkanes of at least 4 members (excludes halogenated alkanes) is 1. The average molecular weight is 645 g/mol. The molecule has 3 rings (SSSR count). The van der Waals surface area contributed by atoms with Gasteiger partial charge in [-0.25, -0.2) is 8.42 Å². The lowest BCUT2D eigenvalue weighted by Crippen LogP contribution is -2.52. The van der Waals surface area contributed by atoms with Crippen LogP contribution < -0.4 is 14.4 Å². The number of halogens is 1. The van der Waals surface area contributed by atoms with Gasteiger partial charge in [0.15, 0.2) is 0 Å². The second-order valence-electron chi connectivity index (χ2n) is 9.74. The molecule has 0 aliphatic rings. The molecule has 2 amide bonds. The van der Waals surface area contributed by atoms with Crippen molar-refractivity contribution in [1.82, 2.24) is 10.2 Å². The molecule has 1 N–H and O–H groups in total. The van der Waals surface area contributed by atoms with E-state index in [1.165, 1.54) is 17.0 Å². The first-order valence-corrected chi connectivity index (χ1v) is 15.9. The highest BCUT2D eigenvalue weighted by molar-refractivity contribution is 9.10. The smallest absolute Gasteiger partial charge is 0.264 e. The molecule has 0 spiro atoms. The zero-order chi connectivity index (χ0) is 30.0. The Hall–Kier alpha value is -3.37. The highest BCUT2D eigenvalue weighted by Gasteiger charge is 2.33. The lowest BCUT2D eigenvalue weighted by atomic mass is 10.1. The minimum atomic E-state index is -4.11. The van der Waals surface area contributed by atoms with Gasteiger partial charge in [0.2, 0.25) is 11.8 Å². The van der Waals surface area contributed by atoms with Crippen molar-refractivity contribution < 1.29 is 22.7 Å². The fraction of sp³-hybridized carbons (Fsp3) is 0.355. The van der Waals surface area contributed by atoms with Crippen LogP contribution in [0.5, 0.6) is 5.75 Å². The molecule has 0 aromatic heterocycles. The molecule has 1 atom stereocenters. The maximum Gasteiger partial charge on any atom is 0.264 e. The molecule has 41 heavy (non-hydrogen) atoms. The first-order valence-electron chi connectivity index (χ1n) is 13.7. The van der Waals surface area contributed by atoms with Crippen LogP contribution in [0.3, 0.4) is 0 Å². The molecule has 220 valence electrons. The molecule has 0 fully saturated rings. The van der Waals surface area contributed by atoms with Crippen molar-refractivity contribution in [3.63, 3.8) is 0 Å². The van der Waals surface area contributed by atoms with Crippen LogP contribution in [0.4, 0.5) is 5.69 Å². The predicted octanol–water partition coefficient (Wildman–Crippen LogP) is 5.69. The minimum absolute atomic E-state index is 0.0740. The first kappa shape index (κ1) is 32.1. The van der Waals surface area contributed by atoms with Gasteiger partial charge in [0.05, 0.1) is 17.7 Å². The Morgan fingerprint density at radius 1 is 0.951 bits per heavy atom. The molecule has 0 radical (unpaired) electrons. The van der Waals surface area contributed by atoms with Crippen molar-refractivity contribution in [2.45, 2.75) is 57.5 Å². The number of hydrogen-bond donors (Lipinski definition) is 1. The molecule has 10 heteroatoms. The van der Waals surface area contributed by atoms with Crippen molar-refractivity contribution in [3.8, 4) is 5.75 Å². The number of carbonyl (C=O) groups excluding carboxylic acids is 2. The van der Waals surface area contributed by atoms with E-state index in [1.54, 1.807) is 55.6 Å². The number of anilines is 1. The van der Waals surface area contributed by atoms with E-state index in [4.69, 9.17) is 4.74 Å². The molecule has 0 saturated carbocycles. The van der Waals surface area contributed by atoms with Crippen LogP contribution in [0.1, 0.15) is 44.2 Å². The minimum Gasteiger partial charge on any atom is -0.497 e. The summed E-state index contributed by atoms with van der Waals surface area (Å²) in [4.78, 5) is 28.9. The summed E-state index contributed by atoms with van der Waals surface area (Å²) in [6.45, 7) is 5.90. The van der Waals surface area contributed by atoms with Crippen molar-refractivity contribution in [3.05, 3.63) is 88.4 Å². The molecule has 0 saturated heterocycles. The van der Waals surface area contributed by atoms with Gasteiger partial charge in [-0.3, -0.25) is 13.9 Å². The van der Waals surface area contributed by atoms with Crippen LogP contribution in [0.25, 0.3) is 0 Å². The van der Waals surface area contributed by atoms with Crippen LogP contribution in [-0.2, 0) is 26.2 Å². The van der Waals surface area contributed by atoms with E-state index in [2.05, 4.69) is 21.2 Å². The fourth-order valence-electron chi connectivity index (χ4n) is 4.33. The number of methoxy groups -OCH3 is 1. The highest BCUT2D eigenvalue weighted by Crippen LogP contribution is 2.27. The first-order chi connectivity index (χ1) is 19.6. The third kappa shape index (κ3) is 8.56. The van der Waals surface area contributed by atoms with Gasteiger partial charge in [-0.05, 0) is 73.9 Å². The zero-order valence-corrected chi connectivity index (χ0v) is 26.4. The van der Waals surface area contributed by atoms with Gasteiger partial charge in [0.1, 0.15) is 18.3 Å². The SMILES string of the molecule is CCCCNC(=O)[C@@H](CC)N(Cc1ccc(OC)cc1)C(=O)CN(c1ccc(Br)cc1)S(=O)(=O)c1ccc(C)cc1. The standard InChI is InChI=1S/C31H38BrN3O5S/c1-5-7-20-33-31(37)29(6-2)34(21-24-10-16-27(40-4)17-11-24)30(36)22-35(26-14-12-25(32)13-15-26)41(38,39)28-18-8-23(3)9-19-28/h8-19,29H,5-7,20-22H2,1-4H3,(H,33,37)/t29-/m1/s1. The molecule has 0 aliphatic heterocycles. The van der Waals surface area contributed by atoms with E-state index in [1.807, 2.05) is 32.9 Å². The highest BCUT2D eigenvalue weighted by atomic mass is 79.9. The summed E-state index contributed by atoms with van der Waals surface area (Å²) in [5, 5.41) is 2.94. The van der Waals surface area contributed by atoms with E-state index in [0.29, 0.717) is 24.4 Å². The van der Waals surface area contributed by atoms with Crippen LogP contribution >= 0.6 is 15.9 Å². The van der Waals surface area contributed by atoms with Crippen LogP contribution in [-0.4, -0.2) is 51.4 Å². The average Bonchev–Trinajstić information content (AvgIpc) is 2.97. The van der Waals surface area contributed by atoms with E-state index in [0.717, 1.165) is 32.7 Å². The second kappa shape index (κ2) is 15.0. The van der Waals surface area contributed by atoms with Gasteiger partial charge in [-0.1, -0.05) is 66.0 Å². The maximum absolute atomic E-state index is 14.1.